The SMILES string of the molecule is CN=C(NCC1CCCN(C)C1)N1CCN(Cc2cccs2)CC1. The number of nitrogens with one attached hydrogen (secondary N) is 1. The highest BCUT2D eigenvalue weighted by Gasteiger charge is 2.22. The summed E-state index contributed by atoms with van der Waals surface area (Å²) in [4.78, 5) is 13.4. The molecule has 24 heavy (non-hydrogen) atoms. The predicted octanol–water partition coefficient (Wildman–Crippen LogP) is 1.78. The first-order valence-corrected chi connectivity index (χ1v) is 10.0. The highest BCUT2D eigenvalue weighted by Crippen LogP contribution is 2.15. The first kappa shape index (κ1) is 17.7. The number of nitrogens with zero attached hydrogens (tertiary/aromatic N) is 4. The smallest absolute Gasteiger partial charge is 0.193 e. The number of likely N-dealkylation sites (tertiary alicyclic amines) is 1. The Bertz CT molecular complexity index is 507. The van der Waals surface area contributed by atoms with Crippen molar-refractivity contribution in [3.8, 4) is 0 Å². The normalized spacial score (nSPS) is 24.3. The average molecular weight is 350 g/mol. The van der Waals surface area contributed by atoms with E-state index >= 15 is 0 Å². The summed E-state index contributed by atoms with van der Waals surface area (Å²) in [6.07, 6.45) is 2.66. The van der Waals surface area contributed by atoms with E-state index in [4.69, 9.17) is 0 Å². The maximum absolute atomic E-state index is 4.52. The minimum atomic E-state index is 0.751. The van der Waals surface area contributed by atoms with Gasteiger partial charge in [-0.05, 0) is 43.8 Å². The van der Waals surface area contributed by atoms with Gasteiger partial charge in [0.2, 0.25) is 0 Å². The van der Waals surface area contributed by atoms with Crippen LogP contribution in [0.3, 0.4) is 0 Å². The van der Waals surface area contributed by atoms with Gasteiger partial charge in [-0.2, -0.15) is 0 Å². The molecular weight excluding hydrogens is 318 g/mol. The van der Waals surface area contributed by atoms with Crippen molar-refractivity contribution in [1.29, 1.82) is 0 Å². The van der Waals surface area contributed by atoms with Gasteiger partial charge in [0.05, 0.1) is 0 Å². The second kappa shape index (κ2) is 8.83. The molecule has 0 spiro atoms. The second-order valence-electron chi connectivity index (χ2n) is 7.04. The fourth-order valence-electron chi connectivity index (χ4n) is 3.75. The summed E-state index contributed by atoms with van der Waals surface area (Å²) in [6, 6.07) is 4.38. The van der Waals surface area contributed by atoms with E-state index in [2.05, 4.69) is 49.6 Å². The van der Waals surface area contributed by atoms with Gasteiger partial charge in [0.1, 0.15) is 0 Å². The lowest BCUT2D eigenvalue weighted by Crippen LogP contribution is -2.53. The average Bonchev–Trinajstić information content (AvgIpc) is 3.10. The molecule has 1 aromatic heterocycles. The molecule has 3 heterocycles. The molecule has 6 heteroatoms. The molecular formula is C18H31N5S. The number of rotatable bonds is 4. The van der Waals surface area contributed by atoms with Gasteiger partial charge in [-0.15, -0.1) is 11.3 Å². The van der Waals surface area contributed by atoms with Crippen molar-refractivity contribution < 1.29 is 0 Å². The van der Waals surface area contributed by atoms with Gasteiger partial charge in [-0.25, -0.2) is 0 Å². The third-order valence-corrected chi connectivity index (χ3v) is 5.98. The van der Waals surface area contributed by atoms with Crippen LogP contribution in [0, 0.1) is 5.92 Å². The molecule has 0 radical (unpaired) electrons. The van der Waals surface area contributed by atoms with Gasteiger partial charge in [-0.3, -0.25) is 9.89 Å². The van der Waals surface area contributed by atoms with Crippen LogP contribution >= 0.6 is 11.3 Å². The van der Waals surface area contributed by atoms with Crippen LogP contribution in [0.4, 0.5) is 0 Å². The van der Waals surface area contributed by atoms with E-state index in [1.54, 1.807) is 0 Å². The Labute approximate surface area is 150 Å². The van der Waals surface area contributed by atoms with Crippen LogP contribution in [0.25, 0.3) is 0 Å². The number of piperidine rings is 1. The molecule has 1 unspecified atom stereocenters. The van der Waals surface area contributed by atoms with Gasteiger partial charge < -0.3 is 15.1 Å². The maximum atomic E-state index is 4.52. The standard InChI is InChI=1S/C18H31N5S/c1-19-18(20-13-16-5-3-7-21(2)14-16)23-10-8-22(9-11-23)15-17-6-4-12-24-17/h4,6,12,16H,3,5,7-11,13-15H2,1-2H3,(H,19,20). The van der Waals surface area contributed by atoms with Gasteiger partial charge >= 0.3 is 0 Å². The van der Waals surface area contributed by atoms with E-state index in [-0.39, 0.29) is 0 Å². The summed E-state index contributed by atoms with van der Waals surface area (Å²) in [5.41, 5.74) is 0. The van der Waals surface area contributed by atoms with Gasteiger partial charge in [0.25, 0.3) is 0 Å². The van der Waals surface area contributed by atoms with Crippen molar-refractivity contribution in [3.05, 3.63) is 22.4 Å². The van der Waals surface area contributed by atoms with Crippen LogP contribution in [0.5, 0.6) is 0 Å². The fraction of sp³-hybridized carbons (Fsp3) is 0.722. The topological polar surface area (TPSA) is 34.1 Å². The van der Waals surface area contributed by atoms with Crippen LogP contribution in [0.1, 0.15) is 17.7 Å². The van der Waals surface area contributed by atoms with Crippen LogP contribution in [0.15, 0.2) is 22.5 Å². The first-order chi connectivity index (χ1) is 11.7. The van der Waals surface area contributed by atoms with Crippen LogP contribution < -0.4 is 5.32 Å². The monoisotopic (exact) mass is 349 g/mol. The number of hydrogen-bond donors (Lipinski definition) is 1. The number of thiophene rings is 1. The summed E-state index contributed by atoms with van der Waals surface area (Å²) >= 11 is 1.86. The molecule has 1 atom stereocenters. The quantitative estimate of drug-likeness (QED) is 0.664. The Kier molecular flexibility index (Phi) is 6.51. The Morgan fingerprint density at radius 2 is 2.12 bits per heavy atom. The van der Waals surface area contributed by atoms with E-state index in [0.29, 0.717) is 0 Å². The lowest BCUT2D eigenvalue weighted by molar-refractivity contribution is 0.171. The lowest BCUT2D eigenvalue weighted by atomic mass is 9.98. The molecule has 5 nitrogen and oxygen atoms in total. The Morgan fingerprint density at radius 3 is 2.79 bits per heavy atom. The highest BCUT2D eigenvalue weighted by molar-refractivity contribution is 7.09. The van der Waals surface area contributed by atoms with E-state index in [1.165, 1.54) is 30.8 Å². The van der Waals surface area contributed by atoms with Crippen molar-refractivity contribution in [2.24, 2.45) is 10.9 Å². The lowest BCUT2D eigenvalue weighted by Gasteiger charge is -2.37. The second-order valence-corrected chi connectivity index (χ2v) is 8.07. The molecule has 0 aromatic carbocycles. The molecule has 2 saturated heterocycles. The van der Waals surface area contributed by atoms with Crippen molar-refractivity contribution in [2.75, 3.05) is 59.9 Å². The van der Waals surface area contributed by atoms with Crippen molar-refractivity contribution in [1.82, 2.24) is 20.0 Å². The number of piperazine rings is 1. The van der Waals surface area contributed by atoms with Crippen LogP contribution in [-0.4, -0.2) is 80.6 Å². The minimum Gasteiger partial charge on any atom is -0.356 e. The zero-order valence-corrected chi connectivity index (χ0v) is 15.9. The van der Waals surface area contributed by atoms with Gasteiger partial charge in [-0.1, -0.05) is 6.07 Å². The summed E-state index contributed by atoms with van der Waals surface area (Å²) in [5, 5.41) is 5.79. The highest BCUT2D eigenvalue weighted by atomic mass is 32.1. The summed E-state index contributed by atoms with van der Waals surface area (Å²) in [5.74, 6) is 1.83. The van der Waals surface area contributed by atoms with E-state index in [9.17, 15) is 0 Å². The minimum absolute atomic E-state index is 0.751. The first-order valence-electron chi connectivity index (χ1n) is 9.13. The van der Waals surface area contributed by atoms with Gasteiger partial charge in [0, 0.05) is 57.7 Å². The Morgan fingerprint density at radius 1 is 1.29 bits per heavy atom. The molecule has 2 aliphatic heterocycles. The zero-order chi connectivity index (χ0) is 16.8. The molecule has 1 aromatic rings. The largest absolute Gasteiger partial charge is 0.356 e. The summed E-state index contributed by atoms with van der Waals surface area (Å²) in [6.45, 7) is 8.95. The zero-order valence-electron chi connectivity index (χ0n) is 15.1. The number of hydrogen-bond acceptors (Lipinski definition) is 4. The fourth-order valence-corrected chi connectivity index (χ4v) is 4.49. The molecule has 0 aliphatic carbocycles. The van der Waals surface area contributed by atoms with E-state index in [1.807, 2.05) is 18.4 Å². The van der Waals surface area contributed by atoms with Crippen molar-refractivity contribution in [2.45, 2.75) is 19.4 Å². The van der Waals surface area contributed by atoms with E-state index < -0.39 is 0 Å². The summed E-state index contributed by atoms with van der Waals surface area (Å²) < 4.78 is 0. The molecule has 2 fully saturated rings. The van der Waals surface area contributed by atoms with Crippen LogP contribution in [-0.2, 0) is 6.54 Å². The van der Waals surface area contributed by atoms with Crippen molar-refractivity contribution in [3.63, 3.8) is 0 Å². The molecule has 0 amide bonds. The van der Waals surface area contributed by atoms with Crippen LogP contribution in [0.2, 0.25) is 0 Å². The number of aliphatic imine (C=N–C) groups is 1. The summed E-state index contributed by atoms with van der Waals surface area (Å²) in [7, 11) is 4.14. The van der Waals surface area contributed by atoms with Gasteiger partial charge in [0.15, 0.2) is 5.96 Å². The molecule has 134 valence electrons. The number of guanidine groups is 1. The molecule has 0 bridgehead atoms. The third-order valence-electron chi connectivity index (χ3n) is 5.11. The predicted molar refractivity (Wildman–Crippen MR) is 103 cm³/mol. The molecule has 2 aliphatic rings. The molecule has 0 saturated carbocycles. The van der Waals surface area contributed by atoms with Crippen molar-refractivity contribution >= 4 is 17.3 Å². The van der Waals surface area contributed by atoms with E-state index in [0.717, 1.165) is 51.1 Å². The molecule has 3 rings (SSSR count). The maximum Gasteiger partial charge on any atom is 0.193 e. The Balaban J connectivity index is 1.42. The Hall–Kier alpha value is -1.11. The third kappa shape index (κ3) is 4.94. The molecule has 1 N–H and O–H groups in total.